The Hall–Kier alpha value is -1.84. The molecule has 0 aromatic heterocycles. The molecule has 0 bridgehead atoms. The van der Waals surface area contributed by atoms with Crippen molar-refractivity contribution in [2.45, 2.75) is 52.6 Å². The van der Waals surface area contributed by atoms with E-state index in [9.17, 15) is 9.59 Å². The molecule has 1 aromatic carbocycles. The number of Topliss-reactive ketones (excluding diaryl/α,β-unsaturated/α-hetero) is 1. The van der Waals surface area contributed by atoms with E-state index >= 15 is 0 Å². The number of hydrogen-bond acceptors (Lipinski definition) is 2. The molecular weight excluding hydrogens is 288 g/mol. The summed E-state index contributed by atoms with van der Waals surface area (Å²) in [5, 5.41) is 5.60. The summed E-state index contributed by atoms with van der Waals surface area (Å²) in [4.78, 5) is 24.6. The van der Waals surface area contributed by atoms with Crippen LogP contribution in [-0.4, -0.2) is 17.9 Å². The molecular formula is C19H29N2O2. The zero-order chi connectivity index (χ0) is 17.2. The van der Waals surface area contributed by atoms with E-state index in [4.69, 9.17) is 0 Å². The van der Waals surface area contributed by atoms with Crippen molar-refractivity contribution < 1.29 is 9.59 Å². The van der Waals surface area contributed by atoms with Gasteiger partial charge in [0.15, 0.2) is 5.78 Å². The lowest BCUT2D eigenvalue weighted by Gasteiger charge is -2.24. The third kappa shape index (κ3) is 6.85. The van der Waals surface area contributed by atoms with Gasteiger partial charge in [-0.3, -0.25) is 4.79 Å². The number of unbranched alkanes of at least 4 members (excludes halogenated alkanes) is 1. The Balaban J connectivity index is 2.54. The number of ketones is 1. The lowest BCUT2D eigenvalue weighted by atomic mass is 9.89. The summed E-state index contributed by atoms with van der Waals surface area (Å²) >= 11 is 0. The van der Waals surface area contributed by atoms with Crippen molar-refractivity contribution in [2.75, 3.05) is 0 Å². The summed E-state index contributed by atoms with van der Waals surface area (Å²) in [7, 11) is 0. The van der Waals surface area contributed by atoms with Gasteiger partial charge < -0.3 is 10.6 Å². The first-order valence-electron chi connectivity index (χ1n) is 8.40. The maximum Gasteiger partial charge on any atom is 0.315 e. The van der Waals surface area contributed by atoms with E-state index in [0.29, 0.717) is 6.54 Å². The van der Waals surface area contributed by atoms with Gasteiger partial charge in [-0.05, 0) is 24.8 Å². The van der Waals surface area contributed by atoms with Crippen molar-refractivity contribution in [1.82, 2.24) is 10.6 Å². The number of benzene rings is 1. The Labute approximate surface area is 140 Å². The molecule has 2 amide bonds. The van der Waals surface area contributed by atoms with Crippen LogP contribution in [0.2, 0.25) is 0 Å². The molecule has 0 heterocycles. The van der Waals surface area contributed by atoms with Crippen LogP contribution in [0.5, 0.6) is 0 Å². The Morgan fingerprint density at radius 2 is 1.83 bits per heavy atom. The first-order valence-corrected chi connectivity index (χ1v) is 8.40. The van der Waals surface area contributed by atoms with Crippen molar-refractivity contribution in [3.8, 4) is 0 Å². The largest absolute Gasteiger partial charge is 0.334 e. The highest BCUT2D eigenvalue weighted by atomic mass is 16.2. The Morgan fingerprint density at radius 1 is 1.17 bits per heavy atom. The summed E-state index contributed by atoms with van der Waals surface area (Å²) < 4.78 is 0. The Kier molecular flexibility index (Phi) is 8.38. The molecule has 0 saturated heterocycles. The number of amides is 2. The van der Waals surface area contributed by atoms with E-state index < -0.39 is 6.04 Å². The molecule has 4 nitrogen and oxygen atoms in total. The van der Waals surface area contributed by atoms with Crippen LogP contribution in [0.1, 0.15) is 45.6 Å². The molecule has 23 heavy (non-hydrogen) atoms. The van der Waals surface area contributed by atoms with Crippen molar-refractivity contribution in [2.24, 2.45) is 11.8 Å². The van der Waals surface area contributed by atoms with Gasteiger partial charge in [0, 0.05) is 12.5 Å². The Morgan fingerprint density at radius 3 is 2.39 bits per heavy atom. The summed E-state index contributed by atoms with van der Waals surface area (Å²) in [6.45, 7) is 10.4. The maximum atomic E-state index is 12.5. The van der Waals surface area contributed by atoms with Gasteiger partial charge in [0.25, 0.3) is 0 Å². The molecule has 2 N–H and O–H groups in total. The van der Waals surface area contributed by atoms with Crippen LogP contribution in [0.25, 0.3) is 0 Å². The summed E-state index contributed by atoms with van der Waals surface area (Å²) in [5.74, 6) is -0.212. The normalized spacial score (nSPS) is 13.4. The van der Waals surface area contributed by atoms with Gasteiger partial charge in [0.05, 0.1) is 6.04 Å². The average molecular weight is 317 g/mol. The van der Waals surface area contributed by atoms with E-state index in [-0.39, 0.29) is 23.7 Å². The van der Waals surface area contributed by atoms with Gasteiger partial charge in [-0.1, -0.05) is 63.9 Å². The molecule has 1 radical (unpaired) electrons. The van der Waals surface area contributed by atoms with Crippen molar-refractivity contribution in [1.29, 1.82) is 0 Å². The molecule has 2 atom stereocenters. The van der Waals surface area contributed by atoms with E-state index in [0.717, 1.165) is 24.8 Å². The molecule has 0 saturated carbocycles. The van der Waals surface area contributed by atoms with E-state index in [1.807, 2.05) is 44.2 Å². The van der Waals surface area contributed by atoms with Crippen LogP contribution in [0.3, 0.4) is 0 Å². The van der Waals surface area contributed by atoms with Crippen molar-refractivity contribution >= 4 is 11.8 Å². The third-order valence-corrected chi connectivity index (χ3v) is 3.86. The summed E-state index contributed by atoms with van der Waals surface area (Å²) in [6.07, 6.45) is 2.79. The van der Waals surface area contributed by atoms with Gasteiger partial charge in [0.2, 0.25) is 0 Å². The topological polar surface area (TPSA) is 58.2 Å². The number of urea groups is 1. The number of rotatable bonds is 9. The minimum Gasteiger partial charge on any atom is -0.334 e. The van der Waals surface area contributed by atoms with Crippen LogP contribution in [-0.2, 0) is 11.3 Å². The van der Waals surface area contributed by atoms with Gasteiger partial charge >= 0.3 is 6.03 Å². The first kappa shape index (κ1) is 19.2. The van der Waals surface area contributed by atoms with E-state index in [1.54, 1.807) is 0 Å². The molecule has 127 valence electrons. The Bertz CT molecular complexity index is 485. The molecule has 0 aliphatic rings. The zero-order valence-electron chi connectivity index (χ0n) is 14.5. The smallest absolute Gasteiger partial charge is 0.315 e. The standard InChI is InChI=1S/C19H29N2O2/c1-5-6-10-15(4)18(22)17(14(2)3)21-19(23)20-13-16-11-8-7-9-12-16/h7-9,11-12,14-15,17H,4-6,10,13H2,1-3H3,(H2,20,21,23). The number of hydrogen-bond donors (Lipinski definition) is 2. The molecule has 0 aliphatic carbocycles. The monoisotopic (exact) mass is 317 g/mol. The van der Waals surface area contributed by atoms with Crippen molar-refractivity contribution in [3.63, 3.8) is 0 Å². The quantitative estimate of drug-likeness (QED) is 0.729. The summed E-state index contributed by atoms with van der Waals surface area (Å²) in [5.41, 5.74) is 1.02. The van der Waals surface area contributed by atoms with Crippen LogP contribution in [0, 0.1) is 18.8 Å². The zero-order valence-corrected chi connectivity index (χ0v) is 14.5. The fraction of sp³-hybridized carbons (Fsp3) is 0.526. The van der Waals surface area contributed by atoms with Gasteiger partial charge in [0.1, 0.15) is 0 Å². The molecule has 1 rings (SSSR count). The minimum absolute atomic E-state index is 0.0170. The lowest BCUT2D eigenvalue weighted by molar-refractivity contribution is -0.124. The predicted octanol–water partition coefficient (Wildman–Crippen LogP) is 3.72. The highest BCUT2D eigenvalue weighted by Gasteiger charge is 2.27. The highest BCUT2D eigenvalue weighted by molar-refractivity contribution is 5.90. The second kappa shape index (κ2) is 10.0. The van der Waals surface area contributed by atoms with Gasteiger partial charge in [-0.25, -0.2) is 4.79 Å². The molecule has 0 aliphatic heterocycles. The number of nitrogens with one attached hydrogen (secondary N) is 2. The minimum atomic E-state index is -0.495. The average Bonchev–Trinajstić information content (AvgIpc) is 2.55. The van der Waals surface area contributed by atoms with E-state index in [2.05, 4.69) is 24.5 Å². The fourth-order valence-electron chi connectivity index (χ4n) is 2.38. The molecule has 0 fully saturated rings. The fourth-order valence-corrected chi connectivity index (χ4v) is 2.38. The van der Waals surface area contributed by atoms with Crippen molar-refractivity contribution in [3.05, 3.63) is 42.8 Å². The van der Waals surface area contributed by atoms with Crippen LogP contribution in [0.4, 0.5) is 4.79 Å². The van der Waals surface area contributed by atoms with E-state index in [1.165, 1.54) is 0 Å². The SMILES string of the molecule is [CH2]C(CCCC)C(=O)C(NC(=O)NCc1ccccc1)C(C)C. The van der Waals surface area contributed by atoms with Gasteiger partial charge in [-0.2, -0.15) is 0 Å². The predicted molar refractivity (Wildman–Crippen MR) is 93.8 cm³/mol. The third-order valence-electron chi connectivity index (χ3n) is 3.86. The molecule has 2 unspecified atom stereocenters. The maximum absolute atomic E-state index is 12.5. The molecule has 0 spiro atoms. The number of carbonyl (C=O) groups is 2. The van der Waals surface area contributed by atoms with Gasteiger partial charge in [-0.15, -0.1) is 0 Å². The number of carbonyl (C=O) groups excluding carboxylic acids is 2. The lowest BCUT2D eigenvalue weighted by Crippen LogP contribution is -2.50. The van der Waals surface area contributed by atoms with Crippen LogP contribution in [0.15, 0.2) is 30.3 Å². The molecule has 1 aromatic rings. The second-order valence-electron chi connectivity index (χ2n) is 6.28. The van der Waals surface area contributed by atoms with Crippen LogP contribution >= 0.6 is 0 Å². The highest BCUT2D eigenvalue weighted by Crippen LogP contribution is 2.14. The molecule has 4 heteroatoms. The summed E-state index contributed by atoms with van der Waals surface area (Å²) in [6, 6.07) is 8.87. The van der Waals surface area contributed by atoms with Crippen LogP contribution < -0.4 is 10.6 Å². The second-order valence-corrected chi connectivity index (χ2v) is 6.28. The first-order chi connectivity index (χ1) is 11.0.